The number of hydrogen-bond acceptors (Lipinski definition) is 5. The number of rotatable bonds is 8. The number of carbonyl (C=O) groups excluding carboxylic acids is 1. The molecule has 1 aliphatic rings. The predicted molar refractivity (Wildman–Crippen MR) is 122 cm³/mol. The Kier molecular flexibility index (Phi) is 7.50. The monoisotopic (exact) mass is 473 g/mol. The molecule has 6 nitrogen and oxygen atoms in total. The van der Waals surface area contributed by atoms with Crippen LogP contribution in [0.25, 0.3) is 0 Å². The Balaban J connectivity index is 1.98. The van der Waals surface area contributed by atoms with Gasteiger partial charge in [-0.25, -0.2) is 5.01 Å². The number of nitrogens with zero attached hydrogens (tertiary/aromatic N) is 3. The Morgan fingerprint density at radius 3 is 2.43 bits per heavy atom. The highest BCUT2D eigenvalue weighted by molar-refractivity contribution is 9.10. The van der Waals surface area contributed by atoms with E-state index in [1.165, 1.54) is 0 Å². The molecule has 0 fully saturated rings. The van der Waals surface area contributed by atoms with Crippen molar-refractivity contribution in [1.29, 1.82) is 0 Å². The third kappa shape index (κ3) is 4.84. The summed E-state index contributed by atoms with van der Waals surface area (Å²) in [6, 6.07) is 13.5. The number of ether oxygens (including phenoxy) is 2. The Bertz CT molecular complexity index is 910. The molecule has 0 saturated heterocycles. The fourth-order valence-electron chi connectivity index (χ4n) is 3.60. The van der Waals surface area contributed by atoms with Crippen LogP contribution in [0, 0.1) is 0 Å². The van der Waals surface area contributed by atoms with E-state index in [-0.39, 0.29) is 11.9 Å². The molecule has 0 aliphatic carbocycles. The Morgan fingerprint density at radius 2 is 1.83 bits per heavy atom. The summed E-state index contributed by atoms with van der Waals surface area (Å²) in [5.74, 6) is 1.38. The highest BCUT2D eigenvalue weighted by atomic mass is 79.9. The van der Waals surface area contributed by atoms with Gasteiger partial charge >= 0.3 is 0 Å². The summed E-state index contributed by atoms with van der Waals surface area (Å²) in [5.41, 5.74) is 2.81. The number of carbonyl (C=O) groups is 1. The van der Waals surface area contributed by atoms with Crippen LogP contribution in [-0.4, -0.2) is 55.4 Å². The maximum Gasteiger partial charge on any atom is 0.257 e. The summed E-state index contributed by atoms with van der Waals surface area (Å²) in [5, 5.41) is 6.38. The second-order valence-corrected chi connectivity index (χ2v) is 8.00. The molecule has 1 heterocycles. The minimum absolute atomic E-state index is 0.0197. The molecule has 30 heavy (non-hydrogen) atoms. The van der Waals surface area contributed by atoms with Crippen molar-refractivity contribution in [1.82, 2.24) is 9.91 Å². The van der Waals surface area contributed by atoms with Gasteiger partial charge in [0, 0.05) is 22.5 Å². The van der Waals surface area contributed by atoms with Gasteiger partial charge in [-0.1, -0.05) is 41.9 Å². The van der Waals surface area contributed by atoms with Gasteiger partial charge in [0.25, 0.3) is 5.91 Å². The lowest BCUT2D eigenvalue weighted by molar-refractivity contribution is -0.134. The van der Waals surface area contributed by atoms with E-state index in [0.717, 1.165) is 34.4 Å². The van der Waals surface area contributed by atoms with Crippen molar-refractivity contribution in [2.45, 2.75) is 26.3 Å². The van der Waals surface area contributed by atoms with E-state index in [4.69, 9.17) is 14.6 Å². The van der Waals surface area contributed by atoms with E-state index < -0.39 is 0 Å². The van der Waals surface area contributed by atoms with Gasteiger partial charge in [-0.2, -0.15) is 5.10 Å². The van der Waals surface area contributed by atoms with Crippen molar-refractivity contribution in [3.8, 4) is 11.5 Å². The summed E-state index contributed by atoms with van der Waals surface area (Å²) in [6.45, 7) is 6.08. The Morgan fingerprint density at radius 1 is 1.13 bits per heavy atom. The van der Waals surface area contributed by atoms with Crippen LogP contribution in [0.2, 0.25) is 0 Å². The van der Waals surface area contributed by atoms with Crippen LogP contribution in [-0.2, 0) is 4.79 Å². The van der Waals surface area contributed by atoms with Crippen LogP contribution < -0.4 is 9.47 Å². The van der Waals surface area contributed by atoms with Crippen molar-refractivity contribution in [3.05, 3.63) is 58.1 Å². The molecule has 2 aromatic rings. The van der Waals surface area contributed by atoms with Crippen LogP contribution in [0.3, 0.4) is 0 Å². The summed E-state index contributed by atoms with van der Waals surface area (Å²) < 4.78 is 12.0. The minimum Gasteiger partial charge on any atom is -0.497 e. The molecule has 0 spiro atoms. The third-order valence-electron chi connectivity index (χ3n) is 5.40. The molecule has 1 amide bonds. The molecule has 0 radical (unpaired) electrons. The number of benzene rings is 2. The topological polar surface area (TPSA) is 54.4 Å². The zero-order chi connectivity index (χ0) is 21.7. The van der Waals surface area contributed by atoms with E-state index in [2.05, 4.69) is 34.7 Å². The smallest absolute Gasteiger partial charge is 0.257 e. The maximum atomic E-state index is 13.2. The molecule has 1 aliphatic heterocycles. The largest absolute Gasteiger partial charge is 0.497 e. The molecule has 0 unspecified atom stereocenters. The first-order chi connectivity index (χ1) is 14.5. The SMILES string of the molecule is CCN(CC)CC(=O)N1N=C(c2ccc(Br)cc2)C[C@@H]1c1ccc(OC)cc1OC. The first-order valence-corrected chi connectivity index (χ1v) is 10.9. The number of hydrazone groups is 1. The number of likely N-dealkylation sites (N-methyl/N-ethyl adjacent to an activating group) is 1. The third-order valence-corrected chi connectivity index (χ3v) is 5.92. The fraction of sp³-hybridized carbons (Fsp3) is 0.391. The van der Waals surface area contributed by atoms with Gasteiger partial charge in [-0.15, -0.1) is 0 Å². The molecule has 3 rings (SSSR count). The van der Waals surface area contributed by atoms with Crippen LogP contribution in [0.1, 0.15) is 37.4 Å². The predicted octanol–water partition coefficient (Wildman–Crippen LogP) is 4.49. The number of halogens is 1. The summed E-state index contributed by atoms with van der Waals surface area (Å²) in [4.78, 5) is 15.3. The molecule has 0 aromatic heterocycles. The molecule has 0 saturated carbocycles. The number of amides is 1. The normalized spacial score (nSPS) is 16.0. The van der Waals surface area contributed by atoms with Gasteiger partial charge in [0.2, 0.25) is 0 Å². The molecule has 0 bridgehead atoms. The van der Waals surface area contributed by atoms with E-state index in [0.29, 0.717) is 24.5 Å². The minimum atomic E-state index is -0.229. The van der Waals surface area contributed by atoms with E-state index in [1.807, 2.05) is 42.5 Å². The zero-order valence-corrected chi connectivity index (χ0v) is 19.5. The molecule has 1 atom stereocenters. The number of hydrogen-bond donors (Lipinski definition) is 0. The molecule has 7 heteroatoms. The van der Waals surface area contributed by atoms with Gasteiger partial charge in [0.15, 0.2) is 0 Å². The summed E-state index contributed by atoms with van der Waals surface area (Å²) in [7, 11) is 3.25. The lowest BCUT2D eigenvalue weighted by atomic mass is 9.97. The zero-order valence-electron chi connectivity index (χ0n) is 17.9. The second-order valence-electron chi connectivity index (χ2n) is 7.08. The lowest BCUT2D eigenvalue weighted by Gasteiger charge is -2.26. The van der Waals surface area contributed by atoms with Crippen LogP contribution >= 0.6 is 15.9 Å². The average molecular weight is 474 g/mol. The molecule has 2 aromatic carbocycles. The lowest BCUT2D eigenvalue weighted by Crippen LogP contribution is -2.38. The Labute approximate surface area is 186 Å². The van der Waals surface area contributed by atoms with Crippen LogP contribution in [0.15, 0.2) is 52.0 Å². The van der Waals surface area contributed by atoms with Gasteiger partial charge in [-0.05, 0) is 42.9 Å². The molecular weight excluding hydrogens is 446 g/mol. The molecule has 0 N–H and O–H groups in total. The van der Waals surface area contributed by atoms with Crippen molar-refractivity contribution < 1.29 is 14.3 Å². The van der Waals surface area contributed by atoms with Gasteiger partial charge < -0.3 is 9.47 Å². The van der Waals surface area contributed by atoms with E-state index in [1.54, 1.807) is 19.2 Å². The average Bonchev–Trinajstić information content (AvgIpc) is 3.22. The summed E-state index contributed by atoms with van der Waals surface area (Å²) in [6.07, 6.45) is 0.619. The van der Waals surface area contributed by atoms with E-state index in [9.17, 15) is 4.79 Å². The van der Waals surface area contributed by atoms with Gasteiger partial charge in [-0.3, -0.25) is 9.69 Å². The van der Waals surface area contributed by atoms with Crippen molar-refractivity contribution in [2.75, 3.05) is 33.9 Å². The first kappa shape index (κ1) is 22.3. The van der Waals surface area contributed by atoms with Crippen molar-refractivity contribution >= 4 is 27.5 Å². The van der Waals surface area contributed by atoms with Crippen molar-refractivity contribution in [2.24, 2.45) is 5.10 Å². The Hall–Kier alpha value is -2.38. The maximum absolute atomic E-state index is 13.2. The highest BCUT2D eigenvalue weighted by Gasteiger charge is 2.35. The van der Waals surface area contributed by atoms with Crippen LogP contribution in [0.4, 0.5) is 0 Å². The van der Waals surface area contributed by atoms with Crippen molar-refractivity contribution in [3.63, 3.8) is 0 Å². The number of methoxy groups -OCH3 is 2. The first-order valence-electron chi connectivity index (χ1n) is 10.1. The summed E-state index contributed by atoms with van der Waals surface area (Å²) >= 11 is 3.47. The van der Waals surface area contributed by atoms with Gasteiger partial charge in [0.05, 0.1) is 32.5 Å². The molecule has 160 valence electrons. The van der Waals surface area contributed by atoms with E-state index >= 15 is 0 Å². The fourth-order valence-corrected chi connectivity index (χ4v) is 3.87. The standard InChI is InChI=1S/C23H28BrN3O3/c1-5-26(6-2)15-23(28)27-21(19-12-11-18(29-3)13-22(19)30-4)14-20(25-27)16-7-9-17(24)10-8-16/h7-13,21H,5-6,14-15H2,1-4H3/t21-/m1/s1. The van der Waals surface area contributed by atoms with Gasteiger partial charge in [0.1, 0.15) is 11.5 Å². The second kappa shape index (κ2) is 10.1. The molecular formula is C23H28BrN3O3. The highest BCUT2D eigenvalue weighted by Crippen LogP contribution is 2.39. The van der Waals surface area contributed by atoms with Crippen LogP contribution in [0.5, 0.6) is 11.5 Å². The quantitative estimate of drug-likeness (QED) is 0.566.